The van der Waals surface area contributed by atoms with Gasteiger partial charge in [0.15, 0.2) is 6.61 Å². The van der Waals surface area contributed by atoms with Crippen LogP contribution in [0.4, 0.5) is 5.69 Å². The van der Waals surface area contributed by atoms with E-state index in [-0.39, 0.29) is 0 Å². The number of nitrogens with zero attached hydrogens (tertiary/aromatic N) is 1. The number of pyridine rings is 1. The first kappa shape index (κ1) is 17.7. The summed E-state index contributed by atoms with van der Waals surface area (Å²) in [5.41, 5.74) is 1.43. The Balaban J connectivity index is 1.68. The number of esters is 1. The fourth-order valence-corrected chi connectivity index (χ4v) is 2.63. The molecule has 1 amide bonds. The molecule has 3 rings (SSSR count). The lowest BCUT2D eigenvalue weighted by Gasteiger charge is -2.11. The molecule has 0 saturated heterocycles. The molecule has 2 aromatic carbocycles. The summed E-state index contributed by atoms with van der Waals surface area (Å²) >= 11 is 5.92. The van der Waals surface area contributed by atoms with Crippen molar-refractivity contribution < 1.29 is 19.1 Å². The van der Waals surface area contributed by atoms with Crippen molar-refractivity contribution in [2.45, 2.75) is 0 Å². The van der Waals surface area contributed by atoms with Crippen LogP contribution in [0.2, 0.25) is 5.02 Å². The molecule has 6 nitrogen and oxygen atoms in total. The van der Waals surface area contributed by atoms with Crippen molar-refractivity contribution in [2.75, 3.05) is 19.0 Å². The van der Waals surface area contributed by atoms with Crippen LogP contribution in [0.15, 0.2) is 54.7 Å². The van der Waals surface area contributed by atoms with Gasteiger partial charge in [-0.2, -0.15) is 0 Å². The van der Waals surface area contributed by atoms with Crippen LogP contribution in [0.3, 0.4) is 0 Å². The van der Waals surface area contributed by atoms with Crippen molar-refractivity contribution in [1.82, 2.24) is 4.98 Å². The van der Waals surface area contributed by atoms with Gasteiger partial charge < -0.3 is 14.8 Å². The maximum Gasteiger partial charge on any atom is 0.339 e. The van der Waals surface area contributed by atoms with E-state index in [2.05, 4.69) is 10.3 Å². The lowest BCUT2D eigenvalue weighted by atomic mass is 10.1. The summed E-state index contributed by atoms with van der Waals surface area (Å²) in [6.45, 7) is -0.439. The number of nitrogens with one attached hydrogen (secondary N) is 1. The second kappa shape index (κ2) is 7.84. The normalized spacial score (nSPS) is 10.4. The molecule has 132 valence electrons. The largest absolute Gasteiger partial charge is 0.495 e. The first-order valence-corrected chi connectivity index (χ1v) is 8.10. The molecular weight excluding hydrogens is 356 g/mol. The number of hydrogen-bond acceptors (Lipinski definition) is 5. The molecule has 0 unspecified atom stereocenters. The molecule has 0 aliphatic heterocycles. The van der Waals surface area contributed by atoms with Crippen molar-refractivity contribution >= 4 is 40.1 Å². The third-order valence-corrected chi connectivity index (χ3v) is 3.87. The van der Waals surface area contributed by atoms with E-state index in [1.807, 2.05) is 0 Å². The fraction of sp³-hybridized carbons (Fsp3) is 0.105. The van der Waals surface area contributed by atoms with E-state index in [0.717, 1.165) is 0 Å². The van der Waals surface area contributed by atoms with Crippen LogP contribution in [0.1, 0.15) is 10.4 Å². The van der Waals surface area contributed by atoms with Crippen LogP contribution >= 0.6 is 11.6 Å². The predicted octanol–water partition coefficient (Wildman–Crippen LogP) is 3.69. The van der Waals surface area contributed by atoms with Crippen molar-refractivity contribution in [1.29, 1.82) is 0 Å². The minimum absolute atomic E-state index is 0.351. The molecular formula is C19H15ClN2O4. The number of carbonyl (C=O) groups excluding carboxylic acids is 2. The number of ether oxygens (including phenoxy) is 2. The van der Waals surface area contributed by atoms with Gasteiger partial charge in [-0.1, -0.05) is 23.7 Å². The van der Waals surface area contributed by atoms with Crippen molar-refractivity contribution in [3.05, 3.63) is 65.3 Å². The van der Waals surface area contributed by atoms with Gasteiger partial charge in [-0.25, -0.2) is 4.79 Å². The Morgan fingerprint density at radius 3 is 2.81 bits per heavy atom. The second-order valence-electron chi connectivity index (χ2n) is 5.34. The molecule has 0 atom stereocenters. The van der Waals surface area contributed by atoms with E-state index in [1.165, 1.54) is 7.11 Å². The van der Waals surface area contributed by atoms with Crippen LogP contribution in [-0.4, -0.2) is 30.6 Å². The zero-order valence-corrected chi connectivity index (χ0v) is 14.6. The molecule has 0 saturated carbocycles. The van der Waals surface area contributed by atoms with Crippen molar-refractivity contribution in [3.63, 3.8) is 0 Å². The number of methoxy groups -OCH3 is 1. The van der Waals surface area contributed by atoms with E-state index >= 15 is 0 Å². The number of anilines is 1. The molecule has 26 heavy (non-hydrogen) atoms. The zero-order valence-electron chi connectivity index (χ0n) is 13.9. The lowest BCUT2D eigenvalue weighted by Crippen LogP contribution is -2.21. The number of amides is 1. The first-order valence-electron chi connectivity index (χ1n) is 7.73. The van der Waals surface area contributed by atoms with Gasteiger partial charge in [0.25, 0.3) is 5.91 Å². The maximum absolute atomic E-state index is 12.3. The minimum Gasteiger partial charge on any atom is -0.495 e. The van der Waals surface area contributed by atoms with Crippen LogP contribution in [0.5, 0.6) is 5.75 Å². The molecule has 0 radical (unpaired) electrons. The van der Waals surface area contributed by atoms with E-state index in [9.17, 15) is 9.59 Å². The summed E-state index contributed by atoms with van der Waals surface area (Å²) < 4.78 is 10.3. The summed E-state index contributed by atoms with van der Waals surface area (Å²) in [6, 6.07) is 13.5. The molecule has 3 aromatic rings. The average molecular weight is 371 g/mol. The van der Waals surface area contributed by atoms with Gasteiger partial charge in [-0.05, 0) is 36.4 Å². The Bertz CT molecular complexity index is 969. The third-order valence-electron chi connectivity index (χ3n) is 3.64. The highest BCUT2D eigenvalue weighted by atomic mass is 35.5. The quantitative estimate of drug-likeness (QED) is 0.693. The molecule has 0 spiro atoms. The number of hydrogen-bond donors (Lipinski definition) is 1. The number of carbonyl (C=O) groups is 2. The highest BCUT2D eigenvalue weighted by Crippen LogP contribution is 2.27. The Kier molecular flexibility index (Phi) is 5.34. The Morgan fingerprint density at radius 1 is 1.15 bits per heavy atom. The fourth-order valence-electron chi connectivity index (χ4n) is 2.45. The highest BCUT2D eigenvalue weighted by Gasteiger charge is 2.15. The summed E-state index contributed by atoms with van der Waals surface area (Å²) in [5.74, 6) is -0.650. The maximum atomic E-state index is 12.3. The number of halogens is 1. The van der Waals surface area contributed by atoms with Gasteiger partial charge in [-0.15, -0.1) is 0 Å². The van der Waals surface area contributed by atoms with Crippen LogP contribution in [0, 0.1) is 0 Å². The van der Waals surface area contributed by atoms with E-state index in [0.29, 0.717) is 32.9 Å². The van der Waals surface area contributed by atoms with E-state index < -0.39 is 18.5 Å². The third kappa shape index (κ3) is 3.92. The van der Waals surface area contributed by atoms with Crippen LogP contribution in [-0.2, 0) is 9.53 Å². The SMILES string of the molecule is COc1ccc(Cl)cc1NC(=O)COC(=O)c1cccc2ncccc12. The van der Waals surface area contributed by atoms with E-state index in [4.69, 9.17) is 21.1 Å². The second-order valence-corrected chi connectivity index (χ2v) is 5.78. The Morgan fingerprint density at radius 2 is 2.00 bits per heavy atom. The van der Waals surface area contributed by atoms with Gasteiger partial charge in [0.05, 0.1) is 23.9 Å². The summed E-state index contributed by atoms with van der Waals surface area (Å²) in [7, 11) is 1.48. The molecule has 1 heterocycles. The van der Waals surface area contributed by atoms with E-state index in [1.54, 1.807) is 54.7 Å². The lowest BCUT2D eigenvalue weighted by molar-refractivity contribution is -0.119. The van der Waals surface area contributed by atoms with Crippen molar-refractivity contribution in [3.8, 4) is 5.75 Å². The summed E-state index contributed by atoms with van der Waals surface area (Å²) in [6.07, 6.45) is 1.64. The minimum atomic E-state index is -0.600. The molecule has 0 fully saturated rings. The summed E-state index contributed by atoms with van der Waals surface area (Å²) in [4.78, 5) is 28.6. The highest BCUT2D eigenvalue weighted by molar-refractivity contribution is 6.31. The molecule has 1 N–H and O–H groups in total. The van der Waals surface area contributed by atoms with Gasteiger partial charge in [0, 0.05) is 16.6 Å². The van der Waals surface area contributed by atoms with Crippen LogP contribution < -0.4 is 10.1 Å². The Hall–Kier alpha value is -3.12. The predicted molar refractivity (Wildman–Crippen MR) is 98.7 cm³/mol. The van der Waals surface area contributed by atoms with Gasteiger partial charge in [0.2, 0.25) is 0 Å². The van der Waals surface area contributed by atoms with Crippen molar-refractivity contribution in [2.24, 2.45) is 0 Å². The number of benzene rings is 2. The number of aromatic nitrogens is 1. The zero-order chi connectivity index (χ0) is 18.5. The molecule has 0 bridgehead atoms. The standard InChI is InChI=1S/C19H15ClN2O4/c1-25-17-8-7-12(20)10-16(17)22-18(23)11-26-19(24)14-4-2-6-15-13(14)5-3-9-21-15/h2-10H,11H2,1H3,(H,22,23). The topological polar surface area (TPSA) is 77.5 Å². The van der Waals surface area contributed by atoms with Gasteiger partial charge >= 0.3 is 5.97 Å². The smallest absolute Gasteiger partial charge is 0.339 e. The first-order chi connectivity index (χ1) is 12.6. The van der Waals surface area contributed by atoms with Gasteiger partial charge in [0.1, 0.15) is 5.75 Å². The number of rotatable bonds is 5. The monoisotopic (exact) mass is 370 g/mol. The molecule has 1 aromatic heterocycles. The number of fused-ring (bicyclic) bond motifs is 1. The molecule has 0 aliphatic carbocycles. The Labute approximate surface area is 154 Å². The molecule has 0 aliphatic rings. The van der Waals surface area contributed by atoms with Crippen LogP contribution in [0.25, 0.3) is 10.9 Å². The van der Waals surface area contributed by atoms with Gasteiger partial charge in [-0.3, -0.25) is 9.78 Å². The summed E-state index contributed by atoms with van der Waals surface area (Å²) in [5, 5.41) is 3.72. The average Bonchev–Trinajstić information content (AvgIpc) is 2.66. The molecule has 7 heteroatoms.